The second-order valence-corrected chi connectivity index (χ2v) is 9.68. The van der Waals surface area contributed by atoms with E-state index in [-0.39, 0.29) is 11.8 Å². The molecule has 0 spiro atoms. The first-order valence-electron chi connectivity index (χ1n) is 11.2. The highest BCUT2D eigenvalue weighted by Crippen LogP contribution is 2.29. The van der Waals surface area contributed by atoms with Gasteiger partial charge in [0, 0.05) is 13.6 Å². The number of hydrogen-bond acceptors (Lipinski definition) is 5. The maximum Gasteiger partial charge on any atom is 0.410 e. The average molecular weight is 440 g/mol. The molecule has 2 fully saturated rings. The minimum absolute atomic E-state index is 0.0423. The molecule has 2 unspecified atom stereocenters. The number of carboxylic acids is 1. The van der Waals surface area contributed by atoms with Gasteiger partial charge in [-0.15, -0.1) is 0 Å². The Morgan fingerprint density at radius 2 is 1.68 bits per heavy atom. The number of amides is 3. The Hall–Kier alpha value is -2.32. The first-order valence-corrected chi connectivity index (χ1v) is 11.2. The summed E-state index contributed by atoms with van der Waals surface area (Å²) in [4.78, 5) is 52.9. The molecule has 9 heteroatoms. The number of aliphatic carboxylic acids is 1. The van der Waals surface area contributed by atoms with Gasteiger partial charge in [0.25, 0.3) is 0 Å². The van der Waals surface area contributed by atoms with Crippen LogP contribution in [0.1, 0.15) is 72.6 Å². The molecule has 31 heavy (non-hydrogen) atoms. The molecular formula is C22H37N3O6. The van der Waals surface area contributed by atoms with Crippen molar-refractivity contribution in [3.05, 3.63) is 0 Å². The van der Waals surface area contributed by atoms with E-state index in [0.29, 0.717) is 19.4 Å². The third kappa shape index (κ3) is 6.58. The number of ether oxygens (including phenoxy) is 1. The van der Waals surface area contributed by atoms with Crippen LogP contribution in [0.25, 0.3) is 0 Å². The highest BCUT2D eigenvalue weighted by molar-refractivity contribution is 5.93. The summed E-state index contributed by atoms with van der Waals surface area (Å²) < 4.78 is 5.33. The van der Waals surface area contributed by atoms with E-state index in [1.54, 1.807) is 27.7 Å². The number of rotatable bonds is 6. The van der Waals surface area contributed by atoms with Gasteiger partial charge in [-0.2, -0.15) is 0 Å². The lowest BCUT2D eigenvalue weighted by Gasteiger charge is -2.35. The lowest BCUT2D eigenvalue weighted by atomic mass is 9.83. The van der Waals surface area contributed by atoms with Gasteiger partial charge in [0.1, 0.15) is 23.7 Å². The van der Waals surface area contributed by atoms with Crippen LogP contribution in [0.15, 0.2) is 0 Å². The summed E-state index contributed by atoms with van der Waals surface area (Å²) in [7, 11) is 1.48. The molecule has 2 aliphatic rings. The van der Waals surface area contributed by atoms with Gasteiger partial charge in [-0.1, -0.05) is 19.3 Å². The van der Waals surface area contributed by atoms with Crippen LogP contribution in [-0.2, 0) is 19.1 Å². The summed E-state index contributed by atoms with van der Waals surface area (Å²) in [5.41, 5.74) is -0.691. The first kappa shape index (κ1) is 24.9. The van der Waals surface area contributed by atoms with E-state index < -0.39 is 41.7 Å². The zero-order valence-electron chi connectivity index (χ0n) is 19.3. The Kier molecular flexibility index (Phi) is 8.31. The third-order valence-electron chi connectivity index (χ3n) is 6.15. The fraction of sp³-hybridized carbons (Fsp3) is 0.818. The summed E-state index contributed by atoms with van der Waals surface area (Å²) in [5.74, 6) is -1.85. The average Bonchev–Trinajstić information content (AvgIpc) is 3.19. The van der Waals surface area contributed by atoms with Crippen LogP contribution in [-0.4, -0.2) is 76.1 Å². The van der Waals surface area contributed by atoms with E-state index >= 15 is 0 Å². The topological polar surface area (TPSA) is 116 Å². The summed E-state index contributed by atoms with van der Waals surface area (Å²) in [6.07, 6.45) is 5.07. The molecule has 1 aliphatic heterocycles. The maximum absolute atomic E-state index is 13.4. The Morgan fingerprint density at radius 1 is 1.06 bits per heavy atom. The minimum Gasteiger partial charge on any atom is -0.480 e. The highest BCUT2D eigenvalue weighted by atomic mass is 16.6. The largest absolute Gasteiger partial charge is 0.480 e. The molecule has 0 bridgehead atoms. The predicted molar refractivity (Wildman–Crippen MR) is 114 cm³/mol. The Morgan fingerprint density at radius 3 is 2.23 bits per heavy atom. The van der Waals surface area contributed by atoms with Crippen LogP contribution in [0.2, 0.25) is 0 Å². The lowest BCUT2D eigenvalue weighted by Crippen LogP contribution is -2.58. The van der Waals surface area contributed by atoms with Crippen LogP contribution >= 0.6 is 0 Å². The number of likely N-dealkylation sites (tertiary alicyclic amines) is 1. The van der Waals surface area contributed by atoms with Crippen molar-refractivity contribution in [3.8, 4) is 0 Å². The van der Waals surface area contributed by atoms with Crippen LogP contribution in [0.4, 0.5) is 4.79 Å². The minimum atomic E-state index is -1.02. The van der Waals surface area contributed by atoms with Crippen molar-refractivity contribution in [2.75, 3.05) is 13.6 Å². The van der Waals surface area contributed by atoms with Gasteiger partial charge in [0.2, 0.25) is 11.8 Å². The summed E-state index contributed by atoms with van der Waals surface area (Å²) in [6, 6.07) is -2.48. The second kappa shape index (κ2) is 10.3. The lowest BCUT2D eigenvalue weighted by molar-refractivity contribution is -0.150. The van der Waals surface area contributed by atoms with Crippen molar-refractivity contribution < 1.29 is 29.0 Å². The molecule has 9 nitrogen and oxygen atoms in total. The van der Waals surface area contributed by atoms with Gasteiger partial charge >= 0.3 is 12.1 Å². The molecule has 3 amide bonds. The molecule has 176 valence electrons. The van der Waals surface area contributed by atoms with Crippen molar-refractivity contribution in [2.45, 2.75) is 96.4 Å². The van der Waals surface area contributed by atoms with Crippen molar-refractivity contribution >= 4 is 23.9 Å². The maximum atomic E-state index is 13.4. The molecule has 0 aromatic carbocycles. The summed E-state index contributed by atoms with van der Waals surface area (Å²) >= 11 is 0. The van der Waals surface area contributed by atoms with Crippen molar-refractivity contribution in [1.29, 1.82) is 0 Å². The number of carbonyl (C=O) groups is 4. The fourth-order valence-corrected chi connectivity index (χ4v) is 4.26. The predicted octanol–water partition coefficient (Wildman–Crippen LogP) is 2.38. The van der Waals surface area contributed by atoms with E-state index in [1.165, 1.54) is 16.8 Å². The van der Waals surface area contributed by atoms with Crippen LogP contribution in [0, 0.1) is 5.92 Å². The normalized spacial score (nSPS) is 21.8. The smallest absolute Gasteiger partial charge is 0.410 e. The molecule has 0 radical (unpaired) electrons. The number of nitrogens with one attached hydrogen (secondary N) is 1. The molecule has 1 heterocycles. The van der Waals surface area contributed by atoms with Gasteiger partial charge < -0.3 is 20.1 Å². The summed E-state index contributed by atoms with van der Waals surface area (Å²) in [5, 5.41) is 12.3. The fourth-order valence-electron chi connectivity index (χ4n) is 4.26. The zero-order valence-corrected chi connectivity index (χ0v) is 19.3. The number of carbonyl (C=O) groups excluding carboxylic acids is 3. The number of carboxylic acid groups (broad SMARTS) is 1. The van der Waals surface area contributed by atoms with E-state index in [0.717, 1.165) is 32.1 Å². The first-order chi connectivity index (χ1) is 14.4. The van der Waals surface area contributed by atoms with Crippen molar-refractivity contribution in [2.24, 2.45) is 5.92 Å². The Balaban J connectivity index is 2.15. The van der Waals surface area contributed by atoms with E-state index in [1.807, 2.05) is 0 Å². The van der Waals surface area contributed by atoms with Gasteiger partial charge in [-0.3, -0.25) is 14.5 Å². The van der Waals surface area contributed by atoms with Crippen molar-refractivity contribution in [3.63, 3.8) is 0 Å². The zero-order chi connectivity index (χ0) is 23.3. The van der Waals surface area contributed by atoms with Crippen molar-refractivity contribution in [1.82, 2.24) is 15.1 Å². The Labute approximate surface area is 184 Å². The number of likely N-dealkylation sites (N-methyl/N-ethyl adjacent to an activating group) is 1. The van der Waals surface area contributed by atoms with Gasteiger partial charge in [-0.25, -0.2) is 9.59 Å². The number of hydrogen-bond donors (Lipinski definition) is 2. The molecule has 2 N–H and O–H groups in total. The monoisotopic (exact) mass is 439 g/mol. The Bertz CT molecular complexity index is 683. The van der Waals surface area contributed by atoms with Gasteiger partial charge in [0.15, 0.2) is 0 Å². The standard InChI is InChI=1S/C22H37N3O6/c1-14(24(5)21(30)31-22(2,3)4)18(26)23-17(15-10-7-6-8-11-15)19(27)25-13-9-12-16(25)20(28)29/h14-17H,6-13H2,1-5H3,(H,23,26)(H,28,29)/t14?,16-,17?/m0/s1. The van der Waals surface area contributed by atoms with Gasteiger partial charge in [-0.05, 0) is 59.3 Å². The van der Waals surface area contributed by atoms with Crippen LogP contribution in [0.3, 0.4) is 0 Å². The molecule has 1 aliphatic carbocycles. The molecule has 0 aromatic rings. The highest BCUT2D eigenvalue weighted by Gasteiger charge is 2.41. The molecular weight excluding hydrogens is 402 g/mol. The molecule has 0 aromatic heterocycles. The van der Waals surface area contributed by atoms with Crippen LogP contribution in [0.5, 0.6) is 0 Å². The molecule has 2 rings (SSSR count). The second-order valence-electron chi connectivity index (χ2n) is 9.68. The SMILES string of the molecule is CC(C(=O)NC(C(=O)N1CCC[C@H]1C(=O)O)C1CCCCC1)N(C)C(=O)OC(C)(C)C. The van der Waals surface area contributed by atoms with E-state index in [2.05, 4.69) is 5.32 Å². The van der Waals surface area contributed by atoms with Gasteiger partial charge in [0.05, 0.1) is 0 Å². The molecule has 1 saturated carbocycles. The number of nitrogens with zero attached hydrogens (tertiary/aromatic N) is 2. The quantitative estimate of drug-likeness (QED) is 0.656. The third-order valence-corrected chi connectivity index (χ3v) is 6.15. The molecule has 3 atom stereocenters. The van der Waals surface area contributed by atoms with Crippen LogP contribution < -0.4 is 5.32 Å². The molecule has 1 saturated heterocycles. The van der Waals surface area contributed by atoms with E-state index in [9.17, 15) is 24.3 Å². The summed E-state index contributed by atoms with van der Waals surface area (Å²) in [6.45, 7) is 7.20. The van der Waals surface area contributed by atoms with E-state index in [4.69, 9.17) is 4.74 Å².